The normalized spacial score (nSPS) is 12.3. The van der Waals surface area contributed by atoms with Gasteiger partial charge in [0.25, 0.3) is 0 Å². The maximum absolute atomic E-state index is 12.7. The van der Waals surface area contributed by atoms with E-state index < -0.39 is 29.5 Å². The SMILES string of the molecule is COc1ccc(C[C@H](CC(=O)Nc2cccc(C(F)(F)F)c2)C(=O)O)cc1. The quantitative estimate of drug-likeness (QED) is 0.761. The van der Waals surface area contributed by atoms with E-state index in [1.165, 1.54) is 19.2 Å². The number of carboxylic acids is 1. The number of rotatable bonds is 7. The Morgan fingerprint density at radius 1 is 1.15 bits per heavy atom. The number of halogens is 3. The average molecular weight is 381 g/mol. The highest BCUT2D eigenvalue weighted by atomic mass is 19.4. The molecular formula is C19H18F3NO4. The van der Waals surface area contributed by atoms with Crippen LogP contribution in [0.4, 0.5) is 18.9 Å². The number of anilines is 1. The van der Waals surface area contributed by atoms with Gasteiger partial charge in [-0.25, -0.2) is 0 Å². The van der Waals surface area contributed by atoms with Crippen LogP contribution < -0.4 is 10.1 Å². The van der Waals surface area contributed by atoms with Gasteiger partial charge in [0.2, 0.25) is 5.91 Å². The predicted molar refractivity (Wildman–Crippen MR) is 92.5 cm³/mol. The summed E-state index contributed by atoms with van der Waals surface area (Å²) in [5.74, 6) is -2.22. The lowest BCUT2D eigenvalue weighted by molar-refractivity contribution is -0.143. The molecular weight excluding hydrogens is 363 g/mol. The lowest BCUT2D eigenvalue weighted by Crippen LogP contribution is -2.24. The van der Waals surface area contributed by atoms with Crippen molar-refractivity contribution in [1.29, 1.82) is 0 Å². The highest BCUT2D eigenvalue weighted by molar-refractivity contribution is 5.93. The second kappa shape index (κ2) is 8.57. The van der Waals surface area contributed by atoms with Crippen LogP contribution in [0, 0.1) is 5.92 Å². The molecule has 8 heteroatoms. The molecule has 0 spiro atoms. The second-order valence-electron chi connectivity index (χ2n) is 5.92. The van der Waals surface area contributed by atoms with Gasteiger partial charge in [0, 0.05) is 12.1 Å². The Morgan fingerprint density at radius 3 is 2.37 bits per heavy atom. The third-order valence-electron chi connectivity index (χ3n) is 3.90. The number of alkyl halides is 3. The lowest BCUT2D eigenvalue weighted by atomic mass is 9.96. The Balaban J connectivity index is 2.03. The van der Waals surface area contributed by atoms with E-state index in [-0.39, 0.29) is 18.5 Å². The smallest absolute Gasteiger partial charge is 0.416 e. The van der Waals surface area contributed by atoms with Crippen LogP contribution in [0.1, 0.15) is 17.5 Å². The summed E-state index contributed by atoms with van der Waals surface area (Å²) >= 11 is 0. The summed E-state index contributed by atoms with van der Waals surface area (Å²) in [6.07, 6.45) is -4.79. The van der Waals surface area contributed by atoms with Crippen LogP contribution in [-0.4, -0.2) is 24.1 Å². The number of carbonyl (C=O) groups is 2. The number of methoxy groups -OCH3 is 1. The molecule has 0 aliphatic heterocycles. The molecule has 0 bridgehead atoms. The van der Waals surface area contributed by atoms with Crippen molar-refractivity contribution < 1.29 is 32.6 Å². The van der Waals surface area contributed by atoms with Crippen LogP contribution in [0.2, 0.25) is 0 Å². The van der Waals surface area contributed by atoms with Gasteiger partial charge in [-0.2, -0.15) is 13.2 Å². The Labute approximate surface area is 153 Å². The van der Waals surface area contributed by atoms with Gasteiger partial charge in [0.05, 0.1) is 18.6 Å². The maximum Gasteiger partial charge on any atom is 0.416 e. The Bertz CT molecular complexity index is 803. The van der Waals surface area contributed by atoms with Gasteiger partial charge in [-0.1, -0.05) is 18.2 Å². The molecule has 2 aromatic carbocycles. The molecule has 2 aromatic rings. The van der Waals surface area contributed by atoms with E-state index in [4.69, 9.17) is 4.74 Å². The summed E-state index contributed by atoms with van der Waals surface area (Å²) in [6, 6.07) is 10.9. The summed E-state index contributed by atoms with van der Waals surface area (Å²) < 4.78 is 43.2. The van der Waals surface area contributed by atoms with Crippen LogP contribution in [-0.2, 0) is 22.2 Å². The minimum absolute atomic E-state index is 0.0385. The topological polar surface area (TPSA) is 75.6 Å². The van der Waals surface area contributed by atoms with E-state index in [9.17, 15) is 27.9 Å². The molecule has 0 unspecified atom stereocenters. The Morgan fingerprint density at radius 2 is 1.81 bits per heavy atom. The molecule has 0 saturated carbocycles. The molecule has 1 amide bonds. The average Bonchev–Trinajstić information content (AvgIpc) is 2.61. The van der Waals surface area contributed by atoms with Crippen molar-refractivity contribution in [3.8, 4) is 5.75 Å². The third kappa shape index (κ3) is 6.02. The fourth-order valence-corrected chi connectivity index (χ4v) is 2.50. The van der Waals surface area contributed by atoms with Crippen LogP contribution in [0.5, 0.6) is 5.75 Å². The van der Waals surface area contributed by atoms with E-state index in [0.29, 0.717) is 11.3 Å². The lowest BCUT2D eigenvalue weighted by Gasteiger charge is -2.14. The van der Waals surface area contributed by atoms with Crippen molar-refractivity contribution in [3.63, 3.8) is 0 Å². The first-order valence-corrected chi connectivity index (χ1v) is 8.02. The number of aliphatic carboxylic acids is 1. The van der Waals surface area contributed by atoms with Crippen molar-refractivity contribution in [2.24, 2.45) is 5.92 Å². The summed E-state index contributed by atoms with van der Waals surface area (Å²) in [4.78, 5) is 23.6. The molecule has 0 heterocycles. The zero-order chi connectivity index (χ0) is 20.0. The summed E-state index contributed by atoms with van der Waals surface area (Å²) in [5.41, 5.74) is -0.230. The molecule has 0 fully saturated rings. The van der Waals surface area contributed by atoms with Crippen molar-refractivity contribution >= 4 is 17.6 Å². The number of ether oxygens (including phenoxy) is 1. The van der Waals surface area contributed by atoms with Crippen LogP contribution in [0.3, 0.4) is 0 Å². The van der Waals surface area contributed by atoms with E-state index >= 15 is 0 Å². The number of nitrogens with one attached hydrogen (secondary N) is 1. The summed E-state index contributed by atoms with van der Waals surface area (Å²) in [5, 5.41) is 11.7. The first kappa shape index (κ1) is 20.3. The van der Waals surface area contributed by atoms with Gasteiger partial charge in [0.1, 0.15) is 5.75 Å². The minimum Gasteiger partial charge on any atom is -0.497 e. The van der Waals surface area contributed by atoms with Gasteiger partial charge >= 0.3 is 12.1 Å². The number of carbonyl (C=O) groups excluding carboxylic acids is 1. The minimum atomic E-state index is -4.53. The fourth-order valence-electron chi connectivity index (χ4n) is 2.50. The first-order valence-electron chi connectivity index (χ1n) is 8.02. The predicted octanol–water partition coefficient (Wildman–Crippen LogP) is 3.99. The third-order valence-corrected chi connectivity index (χ3v) is 3.90. The summed E-state index contributed by atoms with van der Waals surface area (Å²) in [6.45, 7) is 0. The van der Waals surface area contributed by atoms with Gasteiger partial charge in [-0.15, -0.1) is 0 Å². The highest BCUT2D eigenvalue weighted by Crippen LogP contribution is 2.30. The number of hydrogen-bond acceptors (Lipinski definition) is 3. The number of hydrogen-bond donors (Lipinski definition) is 2. The van der Waals surface area contributed by atoms with Gasteiger partial charge in [0.15, 0.2) is 0 Å². The second-order valence-corrected chi connectivity index (χ2v) is 5.92. The highest BCUT2D eigenvalue weighted by Gasteiger charge is 2.30. The molecule has 0 radical (unpaired) electrons. The molecule has 0 saturated heterocycles. The van der Waals surface area contributed by atoms with Crippen molar-refractivity contribution in [3.05, 3.63) is 59.7 Å². The standard InChI is InChI=1S/C19H18F3NO4/c1-27-16-7-5-12(6-8-16)9-13(18(25)26)10-17(24)23-15-4-2-3-14(11-15)19(20,21)22/h2-8,11,13H,9-10H2,1H3,(H,23,24)(H,25,26)/t13-/m1/s1. The monoisotopic (exact) mass is 381 g/mol. The van der Waals surface area contributed by atoms with E-state index in [0.717, 1.165) is 12.1 Å². The Hall–Kier alpha value is -3.03. The van der Waals surface area contributed by atoms with Crippen molar-refractivity contribution in [1.82, 2.24) is 0 Å². The molecule has 0 aromatic heterocycles. The van der Waals surface area contributed by atoms with Crippen LogP contribution in [0.15, 0.2) is 48.5 Å². The van der Waals surface area contributed by atoms with Crippen molar-refractivity contribution in [2.75, 3.05) is 12.4 Å². The van der Waals surface area contributed by atoms with E-state index in [1.807, 2.05) is 0 Å². The fraction of sp³-hybridized carbons (Fsp3) is 0.263. The van der Waals surface area contributed by atoms with Gasteiger partial charge < -0.3 is 15.2 Å². The summed E-state index contributed by atoms with van der Waals surface area (Å²) in [7, 11) is 1.51. The molecule has 5 nitrogen and oxygen atoms in total. The van der Waals surface area contributed by atoms with Crippen LogP contribution in [0.25, 0.3) is 0 Å². The first-order chi connectivity index (χ1) is 12.7. The molecule has 2 N–H and O–H groups in total. The maximum atomic E-state index is 12.7. The largest absolute Gasteiger partial charge is 0.497 e. The van der Waals surface area contributed by atoms with Gasteiger partial charge in [-0.3, -0.25) is 9.59 Å². The zero-order valence-corrected chi connectivity index (χ0v) is 14.4. The number of carboxylic acid groups (broad SMARTS) is 1. The van der Waals surface area contributed by atoms with Gasteiger partial charge in [-0.05, 0) is 42.3 Å². The molecule has 0 aliphatic rings. The zero-order valence-electron chi connectivity index (χ0n) is 14.4. The van der Waals surface area contributed by atoms with Crippen molar-refractivity contribution in [2.45, 2.75) is 19.0 Å². The molecule has 2 rings (SSSR count). The Kier molecular flexibility index (Phi) is 6.44. The van der Waals surface area contributed by atoms with E-state index in [2.05, 4.69) is 5.32 Å². The van der Waals surface area contributed by atoms with E-state index in [1.54, 1.807) is 24.3 Å². The molecule has 0 aliphatic carbocycles. The number of amides is 1. The molecule has 144 valence electrons. The molecule has 27 heavy (non-hydrogen) atoms. The molecule has 1 atom stereocenters. The number of benzene rings is 2. The van der Waals surface area contributed by atoms with Crippen LogP contribution >= 0.6 is 0 Å².